The monoisotopic (exact) mass is 167 g/mol. The Kier molecular flexibility index (Phi) is 1.78. The van der Waals surface area contributed by atoms with Crippen molar-refractivity contribution in [2.75, 3.05) is 0 Å². The van der Waals surface area contributed by atoms with Crippen LogP contribution < -0.4 is 0 Å². The zero-order valence-corrected chi connectivity index (χ0v) is 6.80. The molecule has 1 aliphatic carbocycles. The van der Waals surface area contributed by atoms with Gasteiger partial charge in [-0.05, 0) is 18.8 Å². The van der Waals surface area contributed by atoms with Crippen LogP contribution >= 0.6 is 11.6 Å². The number of halogens is 1. The summed E-state index contributed by atoms with van der Waals surface area (Å²) in [5.41, 5.74) is 0. The van der Waals surface area contributed by atoms with Gasteiger partial charge in [0.15, 0.2) is 0 Å². The van der Waals surface area contributed by atoms with Crippen LogP contribution in [-0.2, 0) is 6.42 Å². The predicted molar refractivity (Wildman–Crippen MR) is 42.3 cm³/mol. The number of hydrogen-bond acceptors (Lipinski definition) is 2. The molecule has 0 amide bonds. The molecule has 1 heterocycles. The van der Waals surface area contributed by atoms with Gasteiger partial charge in [-0.15, -0.1) is 0 Å². The molecule has 1 aliphatic rings. The number of aromatic nitrogens is 2. The molecule has 0 bridgehead atoms. The third-order valence-corrected chi connectivity index (χ3v) is 1.97. The lowest BCUT2D eigenvalue weighted by Crippen LogP contribution is -1.95. The van der Waals surface area contributed by atoms with E-state index in [2.05, 4.69) is 16.2 Å². The highest BCUT2D eigenvalue weighted by atomic mass is 35.5. The summed E-state index contributed by atoms with van der Waals surface area (Å²) in [5.74, 6) is 1.64. The summed E-state index contributed by atoms with van der Waals surface area (Å²) in [6, 6.07) is 1.58. The molecule has 1 saturated carbocycles. The first kappa shape index (κ1) is 7.04. The van der Waals surface area contributed by atoms with Gasteiger partial charge >= 0.3 is 0 Å². The molecule has 1 aromatic rings. The standard InChI is InChI=1S/C8H8ClN2/c9-7-3-4-10-8(11-7)5-6-1-2-6/h3,6H,1-2,5H2. The van der Waals surface area contributed by atoms with Gasteiger partial charge in [0.2, 0.25) is 0 Å². The first-order chi connectivity index (χ1) is 5.34. The van der Waals surface area contributed by atoms with Gasteiger partial charge in [0, 0.05) is 12.5 Å². The van der Waals surface area contributed by atoms with Gasteiger partial charge in [-0.1, -0.05) is 11.6 Å². The summed E-state index contributed by atoms with van der Waals surface area (Å²) in [4.78, 5) is 8.08. The number of hydrogen-bond donors (Lipinski definition) is 0. The molecule has 0 spiro atoms. The van der Waals surface area contributed by atoms with Crippen LogP contribution in [0.3, 0.4) is 0 Å². The second kappa shape index (κ2) is 2.78. The SMILES string of the molecule is Clc1c[c]nc(CC2CC2)n1. The van der Waals surface area contributed by atoms with Crippen LogP contribution in [0.25, 0.3) is 0 Å². The van der Waals surface area contributed by atoms with E-state index in [9.17, 15) is 0 Å². The zero-order valence-electron chi connectivity index (χ0n) is 6.05. The van der Waals surface area contributed by atoms with Crippen LogP contribution in [-0.4, -0.2) is 9.97 Å². The summed E-state index contributed by atoms with van der Waals surface area (Å²) in [6.07, 6.45) is 6.32. The highest BCUT2D eigenvalue weighted by molar-refractivity contribution is 6.29. The molecule has 1 radical (unpaired) electrons. The van der Waals surface area contributed by atoms with Gasteiger partial charge in [0.25, 0.3) is 0 Å². The molecular weight excluding hydrogens is 160 g/mol. The van der Waals surface area contributed by atoms with Crippen LogP contribution in [0.5, 0.6) is 0 Å². The third-order valence-electron chi connectivity index (χ3n) is 1.78. The second-order valence-corrected chi connectivity index (χ2v) is 3.27. The maximum absolute atomic E-state index is 5.67. The zero-order chi connectivity index (χ0) is 7.68. The molecule has 11 heavy (non-hydrogen) atoms. The van der Waals surface area contributed by atoms with E-state index in [0.29, 0.717) is 5.15 Å². The maximum atomic E-state index is 5.67. The van der Waals surface area contributed by atoms with Crippen molar-refractivity contribution < 1.29 is 0 Å². The lowest BCUT2D eigenvalue weighted by Gasteiger charge is -1.95. The van der Waals surface area contributed by atoms with Gasteiger partial charge in [-0.3, -0.25) is 0 Å². The Morgan fingerprint density at radius 2 is 2.45 bits per heavy atom. The van der Waals surface area contributed by atoms with Crippen molar-refractivity contribution in [1.82, 2.24) is 9.97 Å². The van der Waals surface area contributed by atoms with Crippen molar-refractivity contribution in [3.8, 4) is 0 Å². The molecule has 2 rings (SSSR count). The van der Waals surface area contributed by atoms with Crippen LogP contribution in [0, 0.1) is 12.1 Å². The molecule has 0 unspecified atom stereocenters. The molecule has 3 heteroatoms. The van der Waals surface area contributed by atoms with E-state index in [0.717, 1.165) is 18.2 Å². The van der Waals surface area contributed by atoms with E-state index >= 15 is 0 Å². The maximum Gasteiger partial charge on any atom is 0.133 e. The van der Waals surface area contributed by atoms with Crippen molar-refractivity contribution in [2.45, 2.75) is 19.3 Å². The lowest BCUT2D eigenvalue weighted by atomic mass is 10.3. The summed E-state index contributed by atoms with van der Waals surface area (Å²) in [6.45, 7) is 0. The largest absolute Gasteiger partial charge is 0.231 e. The van der Waals surface area contributed by atoms with Gasteiger partial charge in [0.1, 0.15) is 11.0 Å². The van der Waals surface area contributed by atoms with Crippen LogP contribution in [0.15, 0.2) is 6.07 Å². The smallest absolute Gasteiger partial charge is 0.133 e. The minimum atomic E-state index is 0.496. The fourth-order valence-corrected chi connectivity index (χ4v) is 1.16. The Hall–Kier alpha value is -0.630. The molecular formula is C8H8ClN2. The quantitative estimate of drug-likeness (QED) is 0.629. The van der Waals surface area contributed by atoms with E-state index in [1.165, 1.54) is 12.8 Å². The molecule has 0 aliphatic heterocycles. The van der Waals surface area contributed by atoms with E-state index in [4.69, 9.17) is 11.6 Å². The molecule has 0 atom stereocenters. The highest BCUT2D eigenvalue weighted by Crippen LogP contribution is 2.31. The lowest BCUT2D eigenvalue weighted by molar-refractivity contribution is 0.768. The van der Waals surface area contributed by atoms with Crippen molar-refractivity contribution in [3.63, 3.8) is 0 Å². The van der Waals surface area contributed by atoms with E-state index < -0.39 is 0 Å². The fourth-order valence-electron chi connectivity index (χ4n) is 1.01. The third kappa shape index (κ3) is 1.90. The van der Waals surface area contributed by atoms with E-state index in [1.54, 1.807) is 6.07 Å². The van der Waals surface area contributed by atoms with Crippen molar-refractivity contribution >= 4 is 11.6 Å². The summed E-state index contributed by atoms with van der Waals surface area (Å²) < 4.78 is 0. The molecule has 0 N–H and O–H groups in total. The average molecular weight is 168 g/mol. The normalized spacial score (nSPS) is 16.8. The summed E-state index contributed by atoms with van der Waals surface area (Å²) in [7, 11) is 0. The fraction of sp³-hybridized carbons (Fsp3) is 0.500. The summed E-state index contributed by atoms with van der Waals surface area (Å²) in [5, 5.41) is 0.496. The van der Waals surface area contributed by atoms with Crippen LogP contribution in [0.4, 0.5) is 0 Å². The minimum Gasteiger partial charge on any atom is -0.231 e. The predicted octanol–water partition coefficient (Wildman–Crippen LogP) is 1.88. The first-order valence-corrected chi connectivity index (χ1v) is 4.12. The Morgan fingerprint density at radius 3 is 3.09 bits per heavy atom. The van der Waals surface area contributed by atoms with E-state index in [1.807, 2.05) is 0 Å². The Labute approximate surface area is 70.6 Å². The molecule has 57 valence electrons. The van der Waals surface area contributed by atoms with E-state index in [-0.39, 0.29) is 0 Å². The Bertz CT molecular complexity index is 258. The Morgan fingerprint density at radius 1 is 1.64 bits per heavy atom. The molecule has 1 aromatic heterocycles. The number of rotatable bonds is 2. The van der Waals surface area contributed by atoms with Gasteiger partial charge in [-0.2, -0.15) is 0 Å². The van der Waals surface area contributed by atoms with Gasteiger partial charge in [0.05, 0.1) is 6.20 Å². The van der Waals surface area contributed by atoms with Gasteiger partial charge < -0.3 is 0 Å². The average Bonchev–Trinajstić information content (AvgIpc) is 2.71. The molecule has 2 nitrogen and oxygen atoms in total. The molecule has 1 fully saturated rings. The Balaban J connectivity index is 2.10. The minimum absolute atomic E-state index is 0.496. The van der Waals surface area contributed by atoms with Crippen molar-refractivity contribution in [1.29, 1.82) is 0 Å². The van der Waals surface area contributed by atoms with Crippen LogP contribution in [0.1, 0.15) is 18.7 Å². The van der Waals surface area contributed by atoms with Crippen LogP contribution in [0.2, 0.25) is 5.15 Å². The molecule has 0 aromatic carbocycles. The topological polar surface area (TPSA) is 25.8 Å². The summed E-state index contributed by atoms with van der Waals surface area (Å²) >= 11 is 5.67. The van der Waals surface area contributed by atoms with Crippen molar-refractivity contribution in [2.24, 2.45) is 5.92 Å². The first-order valence-electron chi connectivity index (χ1n) is 3.74. The van der Waals surface area contributed by atoms with Crippen molar-refractivity contribution in [3.05, 3.63) is 23.2 Å². The van der Waals surface area contributed by atoms with Gasteiger partial charge in [-0.25, -0.2) is 9.97 Å². The number of nitrogens with zero attached hydrogens (tertiary/aromatic N) is 2. The molecule has 0 saturated heterocycles. The second-order valence-electron chi connectivity index (χ2n) is 2.88. The highest BCUT2D eigenvalue weighted by Gasteiger charge is 2.22.